The molecule has 1 heterocycles. The Morgan fingerprint density at radius 3 is 2.53 bits per heavy atom. The van der Waals surface area contributed by atoms with Gasteiger partial charge in [-0.05, 0) is 23.8 Å². The van der Waals surface area contributed by atoms with Crippen LogP contribution in [0, 0.1) is 0 Å². The van der Waals surface area contributed by atoms with Crippen molar-refractivity contribution in [2.75, 3.05) is 11.9 Å². The average Bonchev–Trinajstić information content (AvgIpc) is 3.29. The third-order valence-corrected chi connectivity index (χ3v) is 4.31. The number of aryl methyl sites for hydroxylation is 1. The van der Waals surface area contributed by atoms with Crippen molar-refractivity contribution >= 4 is 23.4 Å². The number of hydrogen-bond acceptors (Lipinski definition) is 4. The van der Waals surface area contributed by atoms with Gasteiger partial charge >= 0.3 is 0 Å². The molecule has 1 aromatic heterocycles. The number of carbonyl (C=O) groups is 3. The van der Waals surface area contributed by atoms with E-state index in [0.29, 0.717) is 24.3 Å². The Balaban J connectivity index is 1.44. The first kappa shape index (κ1) is 20.8. The molecule has 3 aromatic rings. The Kier molecular flexibility index (Phi) is 7.32. The van der Waals surface area contributed by atoms with Crippen LogP contribution in [-0.2, 0) is 22.7 Å². The molecular formula is C22H23N5O3. The van der Waals surface area contributed by atoms with E-state index in [4.69, 9.17) is 0 Å². The minimum atomic E-state index is -0.389. The number of carbonyl (C=O) groups excluding carboxylic acids is 3. The number of hydrogen-bond donors (Lipinski definition) is 3. The number of rotatable bonds is 9. The Labute approximate surface area is 174 Å². The fourth-order valence-corrected chi connectivity index (χ4v) is 2.73. The zero-order valence-corrected chi connectivity index (χ0v) is 16.4. The first-order valence-electron chi connectivity index (χ1n) is 9.54. The molecule has 0 unspecified atom stereocenters. The lowest BCUT2D eigenvalue weighted by atomic mass is 10.2. The van der Waals surface area contributed by atoms with Gasteiger partial charge in [-0.1, -0.05) is 36.4 Å². The first-order valence-corrected chi connectivity index (χ1v) is 9.54. The van der Waals surface area contributed by atoms with Gasteiger partial charge < -0.3 is 20.5 Å². The Bertz CT molecular complexity index is 987. The lowest BCUT2D eigenvalue weighted by molar-refractivity contribution is -0.120. The van der Waals surface area contributed by atoms with Crippen molar-refractivity contribution in [3.05, 3.63) is 84.4 Å². The summed E-state index contributed by atoms with van der Waals surface area (Å²) < 4.78 is 1.81. The number of nitrogens with zero attached hydrogens (tertiary/aromatic N) is 2. The van der Waals surface area contributed by atoms with Crippen molar-refractivity contribution in [3.8, 4) is 0 Å². The standard InChI is InChI=1S/C22H23N5O3/c28-20(9-11-27-12-10-23-16-27)26-19-8-4-7-18(13-19)22(30)25-15-21(29)24-14-17-5-2-1-3-6-17/h1-8,10,12-13,16H,9,11,14-15H2,(H,24,29)(H,25,30)(H,26,28). The van der Waals surface area contributed by atoms with Crippen LogP contribution in [0.1, 0.15) is 22.3 Å². The smallest absolute Gasteiger partial charge is 0.251 e. The van der Waals surface area contributed by atoms with Gasteiger partial charge in [-0.25, -0.2) is 4.98 Å². The number of anilines is 1. The van der Waals surface area contributed by atoms with Crippen LogP contribution in [0.25, 0.3) is 0 Å². The highest BCUT2D eigenvalue weighted by molar-refractivity contribution is 5.98. The molecule has 0 spiro atoms. The van der Waals surface area contributed by atoms with Crippen LogP contribution in [-0.4, -0.2) is 33.8 Å². The zero-order valence-electron chi connectivity index (χ0n) is 16.4. The number of imidazole rings is 1. The second kappa shape index (κ2) is 10.6. The molecule has 0 bridgehead atoms. The second-order valence-electron chi connectivity index (χ2n) is 6.62. The van der Waals surface area contributed by atoms with E-state index in [9.17, 15) is 14.4 Å². The summed E-state index contributed by atoms with van der Waals surface area (Å²) in [5.41, 5.74) is 1.86. The van der Waals surface area contributed by atoms with Gasteiger partial charge in [0.05, 0.1) is 12.9 Å². The molecule has 0 aliphatic carbocycles. The number of amides is 3. The summed E-state index contributed by atoms with van der Waals surface area (Å²) in [6.45, 7) is 0.785. The maximum atomic E-state index is 12.3. The average molecular weight is 405 g/mol. The van der Waals surface area contributed by atoms with Gasteiger partial charge in [0.15, 0.2) is 0 Å². The molecule has 154 valence electrons. The van der Waals surface area contributed by atoms with E-state index in [1.807, 2.05) is 34.9 Å². The third-order valence-electron chi connectivity index (χ3n) is 4.31. The summed E-state index contributed by atoms with van der Waals surface area (Å²) in [5.74, 6) is -0.836. The molecule has 0 saturated carbocycles. The van der Waals surface area contributed by atoms with Gasteiger partial charge in [0.25, 0.3) is 5.91 Å². The van der Waals surface area contributed by atoms with Crippen molar-refractivity contribution in [1.82, 2.24) is 20.2 Å². The molecule has 0 saturated heterocycles. The summed E-state index contributed by atoms with van der Waals surface area (Å²) in [7, 11) is 0. The van der Waals surface area contributed by atoms with Crippen LogP contribution in [0.3, 0.4) is 0 Å². The van der Waals surface area contributed by atoms with Crippen LogP contribution >= 0.6 is 0 Å². The predicted molar refractivity (Wildman–Crippen MR) is 113 cm³/mol. The molecule has 2 aromatic carbocycles. The van der Waals surface area contributed by atoms with Crippen molar-refractivity contribution in [2.24, 2.45) is 0 Å². The van der Waals surface area contributed by atoms with Crippen LogP contribution < -0.4 is 16.0 Å². The molecule has 8 heteroatoms. The zero-order chi connectivity index (χ0) is 21.2. The van der Waals surface area contributed by atoms with Gasteiger partial charge in [0.2, 0.25) is 11.8 Å². The third kappa shape index (κ3) is 6.59. The molecule has 0 aliphatic rings. The lowest BCUT2D eigenvalue weighted by Gasteiger charge is -2.09. The van der Waals surface area contributed by atoms with Crippen molar-refractivity contribution in [3.63, 3.8) is 0 Å². The van der Waals surface area contributed by atoms with Gasteiger partial charge in [0, 0.05) is 43.2 Å². The van der Waals surface area contributed by atoms with Crippen LogP contribution in [0.5, 0.6) is 0 Å². The maximum absolute atomic E-state index is 12.3. The Morgan fingerprint density at radius 2 is 1.77 bits per heavy atom. The molecule has 0 aliphatic heterocycles. The highest BCUT2D eigenvalue weighted by Crippen LogP contribution is 2.11. The summed E-state index contributed by atoms with van der Waals surface area (Å²) in [5, 5.41) is 8.11. The van der Waals surface area contributed by atoms with E-state index in [1.165, 1.54) is 0 Å². The largest absolute Gasteiger partial charge is 0.350 e. The van der Waals surface area contributed by atoms with Crippen LogP contribution in [0.15, 0.2) is 73.3 Å². The van der Waals surface area contributed by atoms with E-state index in [0.717, 1.165) is 5.56 Å². The molecule has 3 rings (SSSR count). The second-order valence-corrected chi connectivity index (χ2v) is 6.62. The fraction of sp³-hybridized carbons (Fsp3) is 0.182. The fourth-order valence-electron chi connectivity index (χ4n) is 2.73. The molecule has 30 heavy (non-hydrogen) atoms. The van der Waals surface area contributed by atoms with Gasteiger partial charge in [-0.3, -0.25) is 14.4 Å². The number of aromatic nitrogens is 2. The van der Waals surface area contributed by atoms with E-state index < -0.39 is 0 Å². The quantitative estimate of drug-likeness (QED) is 0.506. The molecule has 0 fully saturated rings. The molecule has 3 N–H and O–H groups in total. The predicted octanol–water partition coefficient (Wildman–Crippen LogP) is 1.96. The van der Waals surface area contributed by atoms with Gasteiger partial charge in [0.1, 0.15) is 0 Å². The summed E-state index contributed by atoms with van der Waals surface area (Å²) in [6, 6.07) is 16.1. The minimum Gasteiger partial charge on any atom is -0.350 e. The normalized spacial score (nSPS) is 10.3. The Morgan fingerprint density at radius 1 is 0.933 bits per heavy atom. The van der Waals surface area contributed by atoms with Gasteiger partial charge in [-0.2, -0.15) is 0 Å². The monoisotopic (exact) mass is 405 g/mol. The number of nitrogens with one attached hydrogen (secondary N) is 3. The van der Waals surface area contributed by atoms with Crippen LogP contribution in [0.2, 0.25) is 0 Å². The van der Waals surface area contributed by atoms with E-state index in [1.54, 1.807) is 43.0 Å². The molecule has 0 atom stereocenters. The topological polar surface area (TPSA) is 105 Å². The maximum Gasteiger partial charge on any atom is 0.251 e. The van der Waals surface area contributed by atoms with E-state index in [2.05, 4.69) is 20.9 Å². The molecule has 0 radical (unpaired) electrons. The SMILES string of the molecule is O=C(CNC(=O)c1cccc(NC(=O)CCn2ccnc2)c1)NCc1ccccc1. The van der Waals surface area contributed by atoms with E-state index in [-0.39, 0.29) is 30.7 Å². The highest BCUT2D eigenvalue weighted by Gasteiger charge is 2.10. The summed E-state index contributed by atoms with van der Waals surface area (Å²) in [6.07, 6.45) is 5.37. The lowest BCUT2D eigenvalue weighted by Crippen LogP contribution is -2.36. The first-order chi connectivity index (χ1) is 14.6. The minimum absolute atomic E-state index is 0.132. The van der Waals surface area contributed by atoms with Crippen molar-refractivity contribution in [1.29, 1.82) is 0 Å². The number of benzene rings is 2. The van der Waals surface area contributed by atoms with Gasteiger partial charge in [-0.15, -0.1) is 0 Å². The van der Waals surface area contributed by atoms with E-state index >= 15 is 0 Å². The molecular weight excluding hydrogens is 382 g/mol. The van der Waals surface area contributed by atoms with Crippen molar-refractivity contribution in [2.45, 2.75) is 19.5 Å². The molecule has 3 amide bonds. The van der Waals surface area contributed by atoms with Crippen molar-refractivity contribution < 1.29 is 14.4 Å². The molecule has 8 nitrogen and oxygen atoms in total. The van der Waals surface area contributed by atoms with Crippen LogP contribution in [0.4, 0.5) is 5.69 Å². The Hall–Kier alpha value is -3.94. The highest BCUT2D eigenvalue weighted by atomic mass is 16.2. The summed E-state index contributed by atoms with van der Waals surface area (Å²) >= 11 is 0. The summed E-state index contributed by atoms with van der Waals surface area (Å²) in [4.78, 5) is 40.3.